The number of hydrogen-bond acceptors (Lipinski definition) is 15. The van der Waals surface area contributed by atoms with Gasteiger partial charge in [0.05, 0.1) is 0 Å². The molecule has 0 radical (unpaired) electrons. The predicted molar refractivity (Wildman–Crippen MR) is 128 cm³/mol. The highest BCUT2D eigenvalue weighted by atomic mass is 35.5. The standard InChI is InChI=1S/C21H6Cl3N9O6/c22-13-25-16-31-18(27-13)37-10-4-11-6-12(5-10)39-21-30-15(24)29-20(33-21)36-9-2-7(34-16)1-8(3-9)35-17-26-14(23)28-19(32-17)38-11/h1-6H. The Morgan fingerprint density at radius 1 is 0.308 bits per heavy atom. The molecule has 15 nitrogen and oxygen atoms in total. The van der Waals surface area contributed by atoms with Crippen LogP contribution in [0.3, 0.4) is 0 Å². The van der Waals surface area contributed by atoms with Gasteiger partial charge in [0.25, 0.3) is 0 Å². The summed E-state index contributed by atoms with van der Waals surface area (Å²) in [5.74, 6) is 0.791. The third kappa shape index (κ3) is 5.13. The third-order valence-electron chi connectivity index (χ3n) is 4.66. The molecule has 5 aromatic rings. The molecular formula is C21H6Cl3N9O6. The summed E-state index contributed by atoms with van der Waals surface area (Å²) in [5.41, 5.74) is 0. The Hall–Kier alpha value is -4.86. The second kappa shape index (κ2) is 9.16. The fourth-order valence-electron chi connectivity index (χ4n) is 3.30. The lowest BCUT2D eigenvalue weighted by Gasteiger charge is -2.14. The second-order valence-corrected chi connectivity index (χ2v) is 8.42. The van der Waals surface area contributed by atoms with Gasteiger partial charge in [-0.2, -0.15) is 29.9 Å². The van der Waals surface area contributed by atoms with E-state index in [1.807, 2.05) is 0 Å². The third-order valence-corrected chi connectivity index (χ3v) is 5.17. The maximum Gasteiger partial charge on any atom is 0.329 e. The van der Waals surface area contributed by atoms with Gasteiger partial charge in [0.1, 0.15) is 34.5 Å². The quantitative estimate of drug-likeness (QED) is 0.215. The monoisotopic (exact) mass is 585 g/mol. The average molecular weight is 587 g/mol. The minimum Gasteiger partial charge on any atom is -0.424 e. The Morgan fingerprint density at radius 2 is 0.487 bits per heavy atom. The van der Waals surface area contributed by atoms with Crippen molar-refractivity contribution in [2.75, 3.05) is 0 Å². The summed E-state index contributed by atoms with van der Waals surface area (Å²) in [5, 5.41) is -0.599. The molecule has 6 heterocycles. The number of nitrogens with zero attached hydrogens (tertiary/aromatic N) is 9. The molecule has 39 heavy (non-hydrogen) atoms. The van der Waals surface area contributed by atoms with Crippen LogP contribution in [0.1, 0.15) is 0 Å². The van der Waals surface area contributed by atoms with Gasteiger partial charge in [-0.1, -0.05) is 0 Å². The van der Waals surface area contributed by atoms with Gasteiger partial charge in [-0.25, -0.2) is 0 Å². The molecule has 18 heteroatoms. The lowest BCUT2D eigenvalue weighted by molar-refractivity contribution is 0.364. The van der Waals surface area contributed by atoms with Crippen LogP contribution in [0, 0.1) is 0 Å². The molecule has 8 rings (SSSR count). The molecule has 0 saturated heterocycles. The van der Waals surface area contributed by atoms with Gasteiger partial charge in [0.15, 0.2) is 0 Å². The van der Waals surface area contributed by atoms with Crippen molar-refractivity contribution in [3.8, 4) is 70.6 Å². The van der Waals surface area contributed by atoms with Gasteiger partial charge in [0.2, 0.25) is 15.9 Å². The highest BCUT2D eigenvalue weighted by Gasteiger charge is 2.19. The van der Waals surface area contributed by atoms with Crippen molar-refractivity contribution in [2.24, 2.45) is 0 Å². The molecule has 12 bridgehead atoms. The van der Waals surface area contributed by atoms with E-state index in [9.17, 15) is 0 Å². The van der Waals surface area contributed by atoms with E-state index >= 15 is 0 Å². The van der Waals surface area contributed by atoms with E-state index in [-0.39, 0.29) is 86.4 Å². The fourth-order valence-corrected chi connectivity index (χ4v) is 3.73. The Labute approximate surface area is 230 Å². The van der Waals surface area contributed by atoms with E-state index in [1.54, 1.807) is 0 Å². The molecule has 3 aliphatic heterocycles. The normalized spacial score (nSPS) is 12.7. The molecule has 3 aromatic heterocycles. The Kier molecular flexibility index (Phi) is 5.46. The second-order valence-electron chi connectivity index (χ2n) is 7.40. The maximum atomic E-state index is 6.10. The lowest BCUT2D eigenvalue weighted by Crippen LogP contribution is -2.03. The predicted octanol–water partition coefficient (Wildman–Crippen LogP) is 5.58. The number of rotatable bonds is 0. The molecule has 2 aromatic carbocycles. The fraction of sp³-hybridized carbons (Fsp3) is 0. The summed E-state index contributed by atoms with van der Waals surface area (Å²) < 4.78 is 34.9. The first-order chi connectivity index (χ1) is 18.9. The number of aromatic nitrogens is 9. The highest BCUT2D eigenvalue weighted by molar-refractivity contribution is 6.28. The van der Waals surface area contributed by atoms with E-state index in [2.05, 4.69) is 44.9 Å². The summed E-state index contributed by atoms with van der Waals surface area (Å²) in [7, 11) is 0. The van der Waals surface area contributed by atoms with Crippen LogP contribution in [-0.4, -0.2) is 44.9 Å². The van der Waals surface area contributed by atoms with Crippen LogP contribution in [0.15, 0.2) is 36.4 Å². The van der Waals surface area contributed by atoms with Crippen molar-refractivity contribution < 1.29 is 28.4 Å². The Balaban J connectivity index is 1.51. The molecular weight excluding hydrogens is 581 g/mol. The van der Waals surface area contributed by atoms with Crippen LogP contribution in [0.2, 0.25) is 15.9 Å². The topological polar surface area (TPSA) is 171 Å². The van der Waals surface area contributed by atoms with Crippen molar-refractivity contribution >= 4 is 34.8 Å². The molecule has 192 valence electrons. The van der Waals surface area contributed by atoms with Crippen LogP contribution < -0.4 is 28.4 Å². The number of ether oxygens (including phenoxy) is 6. The molecule has 0 unspecified atom stereocenters. The summed E-state index contributed by atoms with van der Waals surface area (Å²) >= 11 is 18.3. The van der Waals surface area contributed by atoms with E-state index in [0.717, 1.165) is 0 Å². The van der Waals surface area contributed by atoms with Crippen LogP contribution in [-0.2, 0) is 0 Å². The number of halogens is 3. The first-order valence-electron chi connectivity index (χ1n) is 10.5. The smallest absolute Gasteiger partial charge is 0.329 e. The largest absolute Gasteiger partial charge is 0.424 e. The molecule has 0 saturated carbocycles. The zero-order valence-corrected chi connectivity index (χ0v) is 20.8. The zero-order chi connectivity index (χ0) is 26.5. The van der Waals surface area contributed by atoms with Crippen LogP contribution in [0.5, 0.6) is 70.6 Å². The van der Waals surface area contributed by atoms with Crippen molar-refractivity contribution in [1.82, 2.24) is 44.9 Å². The van der Waals surface area contributed by atoms with E-state index in [0.29, 0.717) is 0 Å². The van der Waals surface area contributed by atoms with Crippen LogP contribution >= 0.6 is 34.8 Å². The van der Waals surface area contributed by atoms with Gasteiger partial charge >= 0.3 is 36.1 Å². The Morgan fingerprint density at radius 3 is 0.667 bits per heavy atom. The maximum absolute atomic E-state index is 6.10. The lowest BCUT2D eigenvalue weighted by atomic mass is 10.3. The number of benzene rings is 2. The minimum atomic E-state index is -0.202. The number of hydrogen-bond donors (Lipinski definition) is 0. The van der Waals surface area contributed by atoms with Crippen molar-refractivity contribution in [2.45, 2.75) is 0 Å². The molecule has 0 aliphatic carbocycles. The van der Waals surface area contributed by atoms with Gasteiger partial charge in [-0.15, -0.1) is 15.0 Å². The van der Waals surface area contributed by atoms with E-state index in [4.69, 9.17) is 63.2 Å². The molecule has 0 fully saturated rings. The van der Waals surface area contributed by atoms with E-state index < -0.39 is 0 Å². The highest BCUT2D eigenvalue weighted by Crippen LogP contribution is 2.38. The van der Waals surface area contributed by atoms with Crippen LogP contribution in [0.4, 0.5) is 0 Å². The van der Waals surface area contributed by atoms with Crippen molar-refractivity contribution in [3.63, 3.8) is 0 Å². The average Bonchev–Trinajstić information content (AvgIpc) is 2.81. The zero-order valence-electron chi connectivity index (χ0n) is 18.6. The van der Waals surface area contributed by atoms with Crippen molar-refractivity contribution in [3.05, 3.63) is 52.2 Å². The molecule has 3 aliphatic rings. The van der Waals surface area contributed by atoms with Crippen molar-refractivity contribution in [1.29, 1.82) is 0 Å². The first-order valence-corrected chi connectivity index (χ1v) is 11.6. The van der Waals surface area contributed by atoms with Gasteiger partial charge in [0, 0.05) is 36.4 Å². The van der Waals surface area contributed by atoms with E-state index in [1.165, 1.54) is 36.4 Å². The van der Waals surface area contributed by atoms with Crippen LogP contribution in [0.25, 0.3) is 0 Å². The summed E-state index contributed by atoms with van der Waals surface area (Å²) in [6.07, 6.45) is 0. The van der Waals surface area contributed by atoms with Gasteiger partial charge in [-0.3, -0.25) is 0 Å². The van der Waals surface area contributed by atoms with Gasteiger partial charge < -0.3 is 28.4 Å². The molecule has 0 atom stereocenters. The molecule has 0 spiro atoms. The summed E-state index contributed by atoms with van der Waals surface area (Å²) in [6, 6.07) is 7.55. The summed E-state index contributed by atoms with van der Waals surface area (Å²) in [6.45, 7) is 0. The van der Waals surface area contributed by atoms with Gasteiger partial charge in [-0.05, 0) is 34.8 Å². The molecule has 0 N–H and O–H groups in total. The Bertz CT molecular complexity index is 1450. The SMILES string of the molecule is Clc1nc2nc(n1)Oc1cc3cc(c1)Oc1nc(Cl)nc(n1)Oc1cc(cc(c1)Oc1nc(Cl)nc(n1)O3)O2. The first kappa shape index (κ1) is 23.3. The summed E-state index contributed by atoms with van der Waals surface area (Å²) in [4.78, 5) is 36.4. The molecule has 0 amide bonds. The minimum absolute atomic E-state index is 0.132.